The van der Waals surface area contributed by atoms with E-state index < -0.39 is 11.7 Å². The van der Waals surface area contributed by atoms with Gasteiger partial charge in [0.1, 0.15) is 17.2 Å². The van der Waals surface area contributed by atoms with E-state index in [4.69, 9.17) is 16.3 Å². The van der Waals surface area contributed by atoms with Crippen molar-refractivity contribution < 1.29 is 13.9 Å². The molecule has 0 aliphatic heterocycles. The van der Waals surface area contributed by atoms with Gasteiger partial charge in [0.05, 0.1) is 10.6 Å². The Morgan fingerprint density at radius 2 is 1.87 bits per heavy atom. The van der Waals surface area contributed by atoms with E-state index in [9.17, 15) is 9.18 Å². The van der Waals surface area contributed by atoms with Gasteiger partial charge in [0.25, 0.3) is 5.91 Å². The van der Waals surface area contributed by atoms with Crippen molar-refractivity contribution in [3.63, 3.8) is 0 Å². The van der Waals surface area contributed by atoms with Crippen molar-refractivity contribution in [2.24, 2.45) is 0 Å². The molecule has 0 radical (unpaired) electrons. The molecule has 0 atom stereocenters. The lowest BCUT2D eigenvalue weighted by Gasteiger charge is -2.23. The summed E-state index contributed by atoms with van der Waals surface area (Å²) in [6.07, 6.45) is 0. The number of amides is 1. The zero-order valence-corrected chi connectivity index (χ0v) is 14.1. The van der Waals surface area contributed by atoms with Crippen LogP contribution in [0.1, 0.15) is 36.7 Å². The molecule has 0 aliphatic rings. The minimum Gasteiger partial charge on any atom is -0.488 e. The molecule has 2 rings (SSSR count). The molecule has 0 heterocycles. The second-order valence-electron chi connectivity index (χ2n) is 6.10. The molecule has 2 aromatic carbocycles. The number of hydrogen-bond acceptors (Lipinski definition) is 2. The highest BCUT2D eigenvalue weighted by Crippen LogP contribution is 2.23. The molecule has 1 amide bonds. The minimum atomic E-state index is -0.644. The second-order valence-corrected chi connectivity index (χ2v) is 6.51. The van der Waals surface area contributed by atoms with Crippen LogP contribution in [0.5, 0.6) is 5.75 Å². The molecule has 5 heteroatoms. The van der Waals surface area contributed by atoms with E-state index in [1.807, 2.05) is 45.0 Å². The average Bonchev–Trinajstić information content (AvgIpc) is 2.44. The normalized spacial score (nSPS) is 11.2. The summed E-state index contributed by atoms with van der Waals surface area (Å²) < 4.78 is 19.6. The summed E-state index contributed by atoms with van der Waals surface area (Å²) in [6, 6.07) is 11.6. The molecule has 0 spiro atoms. The Hall–Kier alpha value is -2.07. The molecule has 3 nitrogen and oxygen atoms in total. The van der Waals surface area contributed by atoms with Crippen LogP contribution in [0.4, 0.5) is 4.39 Å². The molecule has 2 aromatic rings. The zero-order valence-electron chi connectivity index (χ0n) is 13.3. The van der Waals surface area contributed by atoms with Crippen LogP contribution in [0.2, 0.25) is 5.02 Å². The Kier molecular flexibility index (Phi) is 5.26. The first-order valence-electron chi connectivity index (χ1n) is 7.27. The molecular formula is C18H19ClFNO2. The van der Waals surface area contributed by atoms with Crippen LogP contribution >= 0.6 is 11.6 Å². The van der Waals surface area contributed by atoms with Crippen LogP contribution in [-0.4, -0.2) is 11.5 Å². The van der Waals surface area contributed by atoms with Crippen LogP contribution in [-0.2, 0) is 6.54 Å². The van der Waals surface area contributed by atoms with Crippen LogP contribution < -0.4 is 10.1 Å². The van der Waals surface area contributed by atoms with Gasteiger partial charge in [-0.1, -0.05) is 35.9 Å². The van der Waals surface area contributed by atoms with E-state index in [-0.39, 0.29) is 22.7 Å². The van der Waals surface area contributed by atoms with Crippen LogP contribution in [0, 0.1) is 5.82 Å². The highest BCUT2D eigenvalue weighted by Gasteiger charge is 2.17. The van der Waals surface area contributed by atoms with E-state index in [0.717, 1.165) is 5.56 Å². The van der Waals surface area contributed by atoms with Gasteiger partial charge in [-0.2, -0.15) is 0 Å². The largest absolute Gasteiger partial charge is 0.488 e. The van der Waals surface area contributed by atoms with E-state index >= 15 is 0 Å². The lowest BCUT2D eigenvalue weighted by atomic mass is 10.1. The Bertz CT molecular complexity index is 690. The Morgan fingerprint density at radius 1 is 1.17 bits per heavy atom. The standard InChI is InChI=1S/C18H19ClFNO2/c1-18(2,3)23-15-10-5-4-7-12(15)11-21-17(22)16-13(19)8-6-9-14(16)20/h4-10H,11H2,1-3H3,(H,21,22). The van der Waals surface area contributed by atoms with Gasteiger partial charge in [0, 0.05) is 12.1 Å². The van der Waals surface area contributed by atoms with Gasteiger partial charge in [-0.05, 0) is 39.0 Å². The van der Waals surface area contributed by atoms with Crippen molar-refractivity contribution in [1.29, 1.82) is 0 Å². The molecule has 0 saturated heterocycles. The number of hydrogen-bond donors (Lipinski definition) is 1. The summed E-state index contributed by atoms with van der Waals surface area (Å²) in [5.74, 6) is -0.521. The maximum absolute atomic E-state index is 13.8. The molecule has 122 valence electrons. The van der Waals surface area contributed by atoms with Gasteiger partial charge in [-0.3, -0.25) is 4.79 Å². The van der Waals surface area contributed by atoms with E-state index in [0.29, 0.717) is 5.75 Å². The SMILES string of the molecule is CC(C)(C)Oc1ccccc1CNC(=O)c1c(F)cccc1Cl. The van der Waals surface area contributed by atoms with Gasteiger partial charge >= 0.3 is 0 Å². The van der Waals surface area contributed by atoms with E-state index in [2.05, 4.69) is 5.32 Å². The first kappa shape index (κ1) is 17.3. The van der Waals surface area contributed by atoms with Crippen molar-refractivity contribution in [2.45, 2.75) is 32.9 Å². The third kappa shape index (κ3) is 4.70. The van der Waals surface area contributed by atoms with Crippen molar-refractivity contribution in [1.82, 2.24) is 5.32 Å². The summed E-state index contributed by atoms with van der Waals surface area (Å²) in [7, 11) is 0. The molecule has 0 fully saturated rings. The fourth-order valence-corrected chi connectivity index (χ4v) is 2.31. The molecule has 23 heavy (non-hydrogen) atoms. The highest BCUT2D eigenvalue weighted by atomic mass is 35.5. The Labute approximate surface area is 140 Å². The lowest BCUT2D eigenvalue weighted by Crippen LogP contribution is -2.26. The number of nitrogens with one attached hydrogen (secondary N) is 1. The number of halogens is 2. The third-order valence-corrected chi connectivity index (χ3v) is 3.33. The van der Waals surface area contributed by atoms with Crippen LogP contribution in [0.15, 0.2) is 42.5 Å². The van der Waals surface area contributed by atoms with Crippen LogP contribution in [0.25, 0.3) is 0 Å². The number of para-hydroxylation sites is 1. The van der Waals surface area contributed by atoms with E-state index in [1.54, 1.807) is 0 Å². The van der Waals surface area contributed by atoms with Gasteiger partial charge in [0.15, 0.2) is 0 Å². The van der Waals surface area contributed by atoms with Gasteiger partial charge < -0.3 is 10.1 Å². The summed E-state index contributed by atoms with van der Waals surface area (Å²) in [5.41, 5.74) is 0.307. The van der Waals surface area contributed by atoms with Crippen molar-refractivity contribution in [3.8, 4) is 5.75 Å². The van der Waals surface area contributed by atoms with Gasteiger partial charge in [0.2, 0.25) is 0 Å². The summed E-state index contributed by atoms with van der Waals surface area (Å²) >= 11 is 5.90. The molecule has 0 aliphatic carbocycles. The van der Waals surface area contributed by atoms with Gasteiger partial charge in [-0.25, -0.2) is 4.39 Å². The highest BCUT2D eigenvalue weighted by molar-refractivity contribution is 6.33. The summed E-state index contributed by atoms with van der Waals surface area (Å²) in [5, 5.41) is 2.76. The Balaban J connectivity index is 2.14. The number of benzene rings is 2. The molecule has 0 saturated carbocycles. The fraction of sp³-hybridized carbons (Fsp3) is 0.278. The first-order chi connectivity index (χ1) is 10.8. The quantitative estimate of drug-likeness (QED) is 0.887. The second kappa shape index (κ2) is 7.01. The summed E-state index contributed by atoms with van der Waals surface area (Å²) in [6.45, 7) is 6.06. The topological polar surface area (TPSA) is 38.3 Å². The minimum absolute atomic E-state index is 0.0849. The summed E-state index contributed by atoms with van der Waals surface area (Å²) in [4.78, 5) is 12.2. The molecule has 0 unspecified atom stereocenters. The number of carbonyl (C=O) groups is 1. The number of rotatable bonds is 4. The number of ether oxygens (including phenoxy) is 1. The van der Waals surface area contributed by atoms with E-state index in [1.165, 1.54) is 18.2 Å². The number of carbonyl (C=O) groups excluding carboxylic acids is 1. The third-order valence-electron chi connectivity index (χ3n) is 3.02. The molecule has 0 bridgehead atoms. The Morgan fingerprint density at radius 3 is 2.52 bits per heavy atom. The van der Waals surface area contributed by atoms with Crippen molar-refractivity contribution in [2.75, 3.05) is 0 Å². The monoisotopic (exact) mass is 335 g/mol. The van der Waals surface area contributed by atoms with Gasteiger partial charge in [-0.15, -0.1) is 0 Å². The molecule has 0 aromatic heterocycles. The first-order valence-corrected chi connectivity index (χ1v) is 7.65. The van der Waals surface area contributed by atoms with Crippen molar-refractivity contribution >= 4 is 17.5 Å². The predicted octanol–water partition coefficient (Wildman–Crippen LogP) is 4.59. The lowest BCUT2D eigenvalue weighted by molar-refractivity contribution is 0.0945. The van der Waals surface area contributed by atoms with Crippen LogP contribution in [0.3, 0.4) is 0 Å². The predicted molar refractivity (Wildman–Crippen MR) is 89.4 cm³/mol. The maximum Gasteiger partial charge on any atom is 0.256 e. The smallest absolute Gasteiger partial charge is 0.256 e. The average molecular weight is 336 g/mol. The molecular weight excluding hydrogens is 317 g/mol. The van der Waals surface area contributed by atoms with Crippen molar-refractivity contribution in [3.05, 3.63) is 64.4 Å². The molecule has 1 N–H and O–H groups in total. The zero-order chi connectivity index (χ0) is 17.0. The maximum atomic E-state index is 13.8. The fourth-order valence-electron chi connectivity index (χ4n) is 2.06.